The number of carbonyl (C=O) groups excluding carboxylic acids is 1. The predicted octanol–water partition coefficient (Wildman–Crippen LogP) is -0.812. The summed E-state index contributed by atoms with van der Waals surface area (Å²) in [5.41, 5.74) is 6.73. The minimum atomic E-state index is -0.261. The second-order valence-corrected chi connectivity index (χ2v) is 9.72. The maximum absolute atomic E-state index is 12.7. The van der Waals surface area contributed by atoms with Crippen LogP contribution in [0, 0.1) is 12.5 Å². The summed E-state index contributed by atoms with van der Waals surface area (Å²) in [6, 6.07) is 8.10. The third-order valence-corrected chi connectivity index (χ3v) is 7.45. The molecule has 4 atom stereocenters. The molecule has 35 heavy (non-hydrogen) atoms. The molecule has 4 heterocycles. The highest BCUT2D eigenvalue weighted by Gasteiger charge is 2.45. The average Bonchev–Trinajstić information content (AvgIpc) is 2.90. The molecule has 0 radical (unpaired) electrons. The fourth-order valence-corrected chi connectivity index (χ4v) is 5.38. The van der Waals surface area contributed by atoms with Gasteiger partial charge >= 0.3 is 0 Å². The van der Waals surface area contributed by atoms with E-state index in [1.165, 1.54) is 0 Å². The molecule has 1 aromatic carbocycles. The first-order valence-electron chi connectivity index (χ1n) is 12.8. The monoisotopic (exact) mass is 483 g/mol. The van der Waals surface area contributed by atoms with E-state index in [1.54, 1.807) is 0 Å². The number of piperazine rings is 1. The summed E-state index contributed by atoms with van der Waals surface area (Å²) in [6.45, 7) is 15.5. The first kappa shape index (κ1) is 24.2. The van der Waals surface area contributed by atoms with Crippen LogP contribution in [0.1, 0.15) is 12.8 Å². The molecule has 4 aliphatic rings. The van der Waals surface area contributed by atoms with Gasteiger partial charge in [0.2, 0.25) is 11.9 Å². The van der Waals surface area contributed by atoms with E-state index in [0.29, 0.717) is 13.2 Å². The molecule has 0 aliphatic carbocycles. The van der Waals surface area contributed by atoms with Gasteiger partial charge in [-0.2, -0.15) is 0 Å². The largest absolute Gasteiger partial charge is 0.492 e. The van der Waals surface area contributed by atoms with Crippen LogP contribution in [-0.2, 0) is 4.79 Å². The summed E-state index contributed by atoms with van der Waals surface area (Å²) in [4.78, 5) is 21.2. The van der Waals surface area contributed by atoms with E-state index in [0.717, 1.165) is 70.1 Å². The Bertz CT molecular complexity index is 878. The van der Waals surface area contributed by atoms with E-state index in [-0.39, 0.29) is 36.4 Å². The number of hydrogen-bond acceptors (Lipinski definition) is 9. The molecular formula is C24H37N9O2. The summed E-state index contributed by atoms with van der Waals surface area (Å²) in [5.74, 6) is 0.557. The molecule has 1 aromatic rings. The van der Waals surface area contributed by atoms with Gasteiger partial charge in [-0.05, 0) is 24.3 Å². The summed E-state index contributed by atoms with van der Waals surface area (Å²) < 4.78 is 5.96. The molecule has 0 saturated carbocycles. The Labute approximate surface area is 207 Å². The van der Waals surface area contributed by atoms with Crippen LogP contribution in [0.4, 0.5) is 5.69 Å². The molecule has 5 rings (SSSR count). The van der Waals surface area contributed by atoms with E-state index in [9.17, 15) is 4.79 Å². The summed E-state index contributed by atoms with van der Waals surface area (Å²) >= 11 is 0. The van der Waals surface area contributed by atoms with Crippen LogP contribution in [0.2, 0.25) is 0 Å². The number of nitrogens with zero attached hydrogens (tertiary/aromatic N) is 3. The van der Waals surface area contributed by atoms with Crippen molar-refractivity contribution in [1.29, 1.82) is 0 Å². The van der Waals surface area contributed by atoms with Crippen molar-refractivity contribution in [3.05, 3.63) is 35.7 Å². The van der Waals surface area contributed by atoms with Gasteiger partial charge in [0.15, 0.2) is 0 Å². The lowest BCUT2D eigenvalue weighted by molar-refractivity contribution is -0.132. The van der Waals surface area contributed by atoms with Crippen molar-refractivity contribution in [1.82, 2.24) is 36.6 Å². The van der Waals surface area contributed by atoms with Gasteiger partial charge in [-0.3, -0.25) is 30.7 Å². The molecular weight excluding hydrogens is 446 g/mol. The Morgan fingerprint density at radius 3 is 2.60 bits per heavy atom. The maximum atomic E-state index is 12.7. The number of benzene rings is 1. The fourth-order valence-electron chi connectivity index (χ4n) is 5.38. The number of likely N-dealkylation sites (tertiary alicyclic amines) is 1. The lowest BCUT2D eigenvalue weighted by atomic mass is 9.91. The quantitative estimate of drug-likeness (QED) is 0.278. The van der Waals surface area contributed by atoms with Crippen LogP contribution in [0.25, 0.3) is 4.85 Å². The zero-order valence-electron chi connectivity index (χ0n) is 20.1. The van der Waals surface area contributed by atoms with Crippen molar-refractivity contribution in [3.8, 4) is 5.75 Å². The van der Waals surface area contributed by atoms with E-state index >= 15 is 0 Å². The SMILES string of the molecule is [C-]#[N+]C1CCN(C2NC3CNNC(=O)C3C(Nc3ccc(OCCN4CCNCC4)cc3)N2)CC1. The van der Waals surface area contributed by atoms with Crippen molar-refractivity contribution in [2.75, 3.05) is 64.3 Å². The van der Waals surface area contributed by atoms with Crippen LogP contribution < -0.4 is 36.9 Å². The first-order valence-corrected chi connectivity index (χ1v) is 12.8. The number of amides is 1. The topological polar surface area (TPSA) is 109 Å². The minimum absolute atomic E-state index is 0.00122. The van der Waals surface area contributed by atoms with E-state index in [1.807, 2.05) is 24.3 Å². The zero-order chi connectivity index (χ0) is 24.0. The van der Waals surface area contributed by atoms with Crippen molar-refractivity contribution >= 4 is 11.6 Å². The summed E-state index contributed by atoms with van der Waals surface area (Å²) in [7, 11) is 0. The number of anilines is 1. The third kappa shape index (κ3) is 6.03. The second kappa shape index (κ2) is 11.5. The number of fused-ring (bicyclic) bond motifs is 1. The van der Waals surface area contributed by atoms with Crippen LogP contribution >= 0.6 is 0 Å². The van der Waals surface area contributed by atoms with Crippen LogP contribution in [0.5, 0.6) is 5.75 Å². The molecule has 1 amide bonds. The molecule has 11 nitrogen and oxygen atoms in total. The smallest absolute Gasteiger partial charge is 0.242 e. The van der Waals surface area contributed by atoms with Gasteiger partial charge in [0.25, 0.3) is 0 Å². The van der Waals surface area contributed by atoms with E-state index in [4.69, 9.17) is 11.3 Å². The number of nitrogens with one attached hydrogen (secondary N) is 6. The van der Waals surface area contributed by atoms with Crippen molar-refractivity contribution in [2.45, 2.75) is 37.4 Å². The zero-order valence-corrected chi connectivity index (χ0v) is 20.1. The fraction of sp³-hybridized carbons (Fsp3) is 0.667. The molecule has 11 heteroatoms. The molecule has 0 bridgehead atoms. The predicted molar refractivity (Wildman–Crippen MR) is 133 cm³/mol. The average molecular weight is 484 g/mol. The Kier molecular flexibility index (Phi) is 7.98. The van der Waals surface area contributed by atoms with Crippen molar-refractivity contribution in [2.24, 2.45) is 5.92 Å². The minimum Gasteiger partial charge on any atom is -0.492 e. The van der Waals surface area contributed by atoms with Gasteiger partial charge in [0.1, 0.15) is 18.6 Å². The summed E-state index contributed by atoms with van der Waals surface area (Å²) in [5, 5.41) is 14.1. The lowest BCUT2D eigenvalue weighted by Gasteiger charge is -2.49. The molecule has 4 unspecified atom stereocenters. The van der Waals surface area contributed by atoms with Gasteiger partial charge in [0, 0.05) is 76.9 Å². The number of ether oxygens (including phenoxy) is 1. The van der Waals surface area contributed by atoms with Crippen LogP contribution in [-0.4, -0.2) is 99.2 Å². The molecule has 0 aromatic heterocycles. The van der Waals surface area contributed by atoms with Crippen molar-refractivity contribution in [3.63, 3.8) is 0 Å². The Hall–Kier alpha value is -2.46. The standard InChI is InChI=1S/C24H37N9O2/c1-25-17-6-10-33(11-7-17)24-29-20-16-27-31-23(34)21(20)22(30-24)28-18-2-4-19(5-3-18)35-15-14-32-12-8-26-9-13-32/h2-5,17,20-22,24,26-30H,6-16H2,(H,31,34). The molecule has 4 fully saturated rings. The van der Waals surface area contributed by atoms with Crippen LogP contribution in [0.15, 0.2) is 24.3 Å². The van der Waals surface area contributed by atoms with Gasteiger partial charge in [-0.1, -0.05) is 0 Å². The molecule has 4 aliphatic heterocycles. The lowest BCUT2D eigenvalue weighted by Crippen LogP contribution is -2.77. The Morgan fingerprint density at radius 2 is 1.86 bits per heavy atom. The molecule has 4 saturated heterocycles. The first-order chi connectivity index (χ1) is 17.2. The normalized spacial score (nSPS) is 30.7. The Balaban J connectivity index is 1.19. The maximum Gasteiger partial charge on any atom is 0.242 e. The van der Waals surface area contributed by atoms with Gasteiger partial charge < -0.3 is 20.2 Å². The number of rotatable bonds is 7. The number of piperidine rings is 1. The highest BCUT2D eigenvalue weighted by molar-refractivity contribution is 5.81. The van der Waals surface area contributed by atoms with Gasteiger partial charge in [-0.15, -0.1) is 0 Å². The molecule has 0 spiro atoms. The second-order valence-electron chi connectivity index (χ2n) is 9.72. The molecule has 6 N–H and O–H groups in total. The van der Waals surface area contributed by atoms with Gasteiger partial charge in [0.05, 0.1) is 12.1 Å². The van der Waals surface area contributed by atoms with E-state index in [2.05, 4.69) is 46.8 Å². The Morgan fingerprint density at radius 1 is 1.09 bits per heavy atom. The van der Waals surface area contributed by atoms with E-state index < -0.39 is 0 Å². The summed E-state index contributed by atoms with van der Waals surface area (Å²) in [6.07, 6.45) is 1.47. The highest BCUT2D eigenvalue weighted by Crippen LogP contribution is 2.24. The van der Waals surface area contributed by atoms with Crippen molar-refractivity contribution < 1.29 is 9.53 Å². The highest BCUT2D eigenvalue weighted by atomic mass is 16.5. The number of hydrazine groups is 1. The van der Waals surface area contributed by atoms with Crippen LogP contribution in [0.3, 0.4) is 0 Å². The number of hydrogen-bond donors (Lipinski definition) is 6. The number of carbonyl (C=O) groups is 1. The van der Waals surface area contributed by atoms with Gasteiger partial charge in [-0.25, -0.2) is 12.0 Å². The molecule has 190 valence electrons. The third-order valence-electron chi connectivity index (χ3n) is 7.45.